The van der Waals surface area contributed by atoms with Crippen molar-refractivity contribution in [1.29, 1.82) is 0 Å². The van der Waals surface area contributed by atoms with E-state index in [1.807, 2.05) is 71.9 Å². The number of hydrogen-bond donors (Lipinski definition) is 0. The van der Waals surface area contributed by atoms with Gasteiger partial charge in [0, 0.05) is 11.6 Å². The summed E-state index contributed by atoms with van der Waals surface area (Å²) in [5.74, 6) is -0.777. The molecule has 3 rings (SSSR count). The fourth-order valence-electron chi connectivity index (χ4n) is 4.83. The van der Waals surface area contributed by atoms with Gasteiger partial charge >= 0.3 is 12.2 Å². The van der Waals surface area contributed by atoms with Gasteiger partial charge in [-0.15, -0.1) is 0 Å². The van der Waals surface area contributed by atoms with Gasteiger partial charge in [-0.2, -0.15) is 0 Å². The van der Waals surface area contributed by atoms with Crippen molar-refractivity contribution in [2.24, 2.45) is 5.92 Å². The molecule has 1 aromatic carbocycles. The van der Waals surface area contributed by atoms with E-state index in [2.05, 4.69) is 0 Å². The minimum Gasteiger partial charge on any atom is -0.447 e. The summed E-state index contributed by atoms with van der Waals surface area (Å²) in [7, 11) is 0. The van der Waals surface area contributed by atoms with E-state index in [0.29, 0.717) is 19.3 Å². The number of cyclic esters (lactones) is 1. The van der Waals surface area contributed by atoms with Gasteiger partial charge in [-0.05, 0) is 65.9 Å². The highest BCUT2D eigenvalue weighted by Crippen LogP contribution is 2.40. The maximum Gasteiger partial charge on any atom is 0.416 e. The summed E-state index contributed by atoms with van der Waals surface area (Å²) in [6.07, 6.45) is 1.49. The Hall–Kier alpha value is -2.57. The lowest BCUT2D eigenvalue weighted by Crippen LogP contribution is -2.55. The molecular formula is C25H36N2O5. The molecule has 2 heterocycles. The number of benzene rings is 1. The van der Waals surface area contributed by atoms with Gasteiger partial charge in [-0.1, -0.05) is 37.3 Å². The number of amides is 3. The van der Waals surface area contributed by atoms with Crippen LogP contribution in [0.1, 0.15) is 66.4 Å². The molecule has 0 spiro atoms. The highest BCUT2D eigenvalue weighted by Gasteiger charge is 2.51. The number of rotatable bonds is 5. The summed E-state index contributed by atoms with van der Waals surface area (Å²) < 4.78 is 10.9. The minimum atomic E-state index is -0.633. The molecule has 2 fully saturated rings. The fraction of sp³-hybridized carbons (Fsp3) is 0.640. The van der Waals surface area contributed by atoms with Crippen molar-refractivity contribution in [3.63, 3.8) is 0 Å². The van der Waals surface area contributed by atoms with Crippen LogP contribution < -0.4 is 0 Å². The van der Waals surface area contributed by atoms with Crippen molar-refractivity contribution in [2.45, 2.75) is 90.4 Å². The number of carbonyl (C=O) groups excluding carboxylic acids is 3. The second kappa shape index (κ2) is 9.12. The van der Waals surface area contributed by atoms with Crippen LogP contribution in [0.5, 0.6) is 0 Å². The topological polar surface area (TPSA) is 76.2 Å². The molecule has 0 radical (unpaired) electrons. The summed E-state index contributed by atoms with van der Waals surface area (Å²) in [5.41, 5.74) is -0.0275. The molecule has 7 heteroatoms. The monoisotopic (exact) mass is 444 g/mol. The van der Waals surface area contributed by atoms with Gasteiger partial charge in [0.15, 0.2) is 0 Å². The van der Waals surface area contributed by atoms with E-state index in [4.69, 9.17) is 9.47 Å². The van der Waals surface area contributed by atoms with Crippen LogP contribution in [0.3, 0.4) is 0 Å². The van der Waals surface area contributed by atoms with E-state index < -0.39 is 29.2 Å². The van der Waals surface area contributed by atoms with Gasteiger partial charge in [-0.25, -0.2) is 14.5 Å². The van der Waals surface area contributed by atoms with Gasteiger partial charge in [0.1, 0.15) is 12.2 Å². The molecule has 176 valence electrons. The Morgan fingerprint density at radius 1 is 1.22 bits per heavy atom. The smallest absolute Gasteiger partial charge is 0.416 e. The zero-order valence-corrected chi connectivity index (χ0v) is 20.1. The summed E-state index contributed by atoms with van der Waals surface area (Å²) in [6, 6.07) is 9.08. The molecule has 0 saturated carbocycles. The van der Waals surface area contributed by atoms with E-state index >= 15 is 0 Å². The Morgan fingerprint density at radius 3 is 2.47 bits per heavy atom. The number of hydrogen-bond acceptors (Lipinski definition) is 5. The van der Waals surface area contributed by atoms with Crippen molar-refractivity contribution in [3.8, 4) is 0 Å². The third kappa shape index (κ3) is 5.08. The van der Waals surface area contributed by atoms with Crippen molar-refractivity contribution >= 4 is 18.1 Å². The lowest BCUT2D eigenvalue weighted by molar-refractivity contribution is -0.135. The standard InChI is InChI=1S/C25H36N2O5/c1-7-19(20-13-14-25(5,6)27(20)23(30)32-24(2,3)4)21(28)26-18(16-31-22(26)29)15-17-11-9-8-10-12-17/h8-12,18-20H,7,13-16H2,1-6H3/t18-,19?,20+/m1/s1. The maximum absolute atomic E-state index is 13.7. The van der Waals surface area contributed by atoms with Gasteiger partial charge in [-0.3, -0.25) is 9.69 Å². The zero-order chi connectivity index (χ0) is 23.7. The molecule has 0 N–H and O–H groups in total. The third-order valence-electron chi connectivity index (χ3n) is 6.36. The van der Waals surface area contributed by atoms with Crippen LogP contribution in [0.25, 0.3) is 0 Å². The van der Waals surface area contributed by atoms with Crippen molar-refractivity contribution in [3.05, 3.63) is 35.9 Å². The first-order valence-electron chi connectivity index (χ1n) is 11.5. The molecule has 1 unspecified atom stereocenters. The summed E-state index contributed by atoms with van der Waals surface area (Å²) in [6.45, 7) is 11.6. The number of carbonyl (C=O) groups is 3. The van der Waals surface area contributed by atoms with E-state index in [1.54, 1.807) is 4.90 Å². The normalized spacial score (nSPS) is 23.8. The average Bonchev–Trinajstić information content (AvgIpc) is 3.20. The van der Waals surface area contributed by atoms with Crippen LogP contribution in [0, 0.1) is 5.92 Å². The highest BCUT2D eigenvalue weighted by atomic mass is 16.6. The Bertz CT molecular complexity index is 846. The molecule has 2 saturated heterocycles. The van der Waals surface area contributed by atoms with Crippen molar-refractivity contribution in [1.82, 2.24) is 9.80 Å². The highest BCUT2D eigenvalue weighted by molar-refractivity contribution is 5.95. The van der Waals surface area contributed by atoms with Crippen molar-refractivity contribution < 1.29 is 23.9 Å². The SMILES string of the molecule is CCC(C(=O)N1C(=O)OC[C@H]1Cc1ccccc1)[C@@H]1CCC(C)(C)N1C(=O)OC(C)(C)C. The number of likely N-dealkylation sites (tertiary alicyclic amines) is 1. The van der Waals surface area contributed by atoms with E-state index in [9.17, 15) is 14.4 Å². The Balaban J connectivity index is 1.84. The molecule has 2 aliphatic heterocycles. The average molecular weight is 445 g/mol. The molecule has 1 aromatic rings. The summed E-state index contributed by atoms with van der Waals surface area (Å²) >= 11 is 0. The Labute approximate surface area is 191 Å². The van der Waals surface area contributed by atoms with E-state index in [1.165, 1.54) is 4.90 Å². The van der Waals surface area contributed by atoms with E-state index in [-0.39, 0.29) is 24.6 Å². The fourth-order valence-corrected chi connectivity index (χ4v) is 4.83. The van der Waals surface area contributed by atoms with Crippen molar-refractivity contribution in [2.75, 3.05) is 6.61 Å². The summed E-state index contributed by atoms with van der Waals surface area (Å²) in [4.78, 5) is 42.4. The predicted octanol–water partition coefficient (Wildman–Crippen LogP) is 4.78. The number of imide groups is 1. The largest absolute Gasteiger partial charge is 0.447 e. The number of ether oxygens (including phenoxy) is 2. The first-order valence-corrected chi connectivity index (χ1v) is 11.5. The van der Waals surface area contributed by atoms with Gasteiger partial charge in [0.2, 0.25) is 5.91 Å². The van der Waals surface area contributed by atoms with Gasteiger partial charge in [0.25, 0.3) is 0 Å². The van der Waals surface area contributed by atoms with Crippen LogP contribution in [-0.2, 0) is 20.7 Å². The lowest BCUT2D eigenvalue weighted by Gasteiger charge is -2.40. The molecule has 32 heavy (non-hydrogen) atoms. The third-order valence-corrected chi connectivity index (χ3v) is 6.36. The lowest BCUT2D eigenvalue weighted by atomic mass is 9.92. The Kier molecular flexibility index (Phi) is 6.86. The molecule has 0 aliphatic carbocycles. The molecule has 3 atom stereocenters. The number of nitrogens with zero attached hydrogens (tertiary/aromatic N) is 2. The minimum absolute atomic E-state index is 0.182. The molecule has 2 aliphatic rings. The molecule has 0 aromatic heterocycles. The van der Waals surface area contributed by atoms with Crippen LogP contribution >= 0.6 is 0 Å². The van der Waals surface area contributed by atoms with Crippen LogP contribution in [0.2, 0.25) is 0 Å². The summed E-state index contributed by atoms with van der Waals surface area (Å²) in [5, 5.41) is 0. The van der Waals surface area contributed by atoms with Crippen LogP contribution in [-0.4, -0.2) is 57.7 Å². The predicted molar refractivity (Wildman–Crippen MR) is 121 cm³/mol. The zero-order valence-electron chi connectivity index (χ0n) is 20.1. The molecule has 0 bridgehead atoms. The Morgan fingerprint density at radius 2 is 1.88 bits per heavy atom. The molecule has 7 nitrogen and oxygen atoms in total. The van der Waals surface area contributed by atoms with Gasteiger partial charge < -0.3 is 9.47 Å². The molecular weight excluding hydrogens is 408 g/mol. The maximum atomic E-state index is 13.7. The van der Waals surface area contributed by atoms with E-state index in [0.717, 1.165) is 12.0 Å². The molecule has 3 amide bonds. The second-order valence-electron chi connectivity index (χ2n) is 10.4. The van der Waals surface area contributed by atoms with Gasteiger partial charge in [0.05, 0.1) is 12.0 Å². The second-order valence-corrected chi connectivity index (χ2v) is 10.4. The van der Waals surface area contributed by atoms with Crippen LogP contribution in [0.4, 0.5) is 9.59 Å². The van der Waals surface area contributed by atoms with Crippen LogP contribution in [0.15, 0.2) is 30.3 Å². The quantitative estimate of drug-likeness (QED) is 0.653. The first-order chi connectivity index (χ1) is 14.9. The first kappa shape index (κ1) is 24.1.